The number of sulfone groups is 1. The lowest BCUT2D eigenvalue weighted by atomic mass is 10.1. The fraction of sp³-hybridized carbons (Fsp3) is 0.500. The van der Waals surface area contributed by atoms with Crippen molar-refractivity contribution >= 4 is 15.5 Å². The molecule has 0 unspecified atom stereocenters. The molecule has 1 aromatic rings. The normalized spacial score (nSPS) is 11.6. The van der Waals surface area contributed by atoms with E-state index in [2.05, 4.69) is 5.32 Å². The van der Waals surface area contributed by atoms with Crippen molar-refractivity contribution < 1.29 is 8.42 Å². The molecule has 3 N–H and O–H groups in total. The van der Waals surface area contributed by atoms with Gasteiger partial charge in [0.2, 0.25) is 0 Å². The minimum atomic E-state index is -3.23. The smallest absolute Gasteiger partial charge is 0.177 e. The van der Waals surface area contributed by atoms with Crippen molar-refractivity contribution in [3.8, 4) is 0 Å². The lowest BCUT2D eigenvalue weighted by Crippen LogP contribution is -2.07. The predicted molar refractivity (Wildman–Crippen MR) is 70.8 cm³/mol. The van der Waals surface area contributed by atoms with Gasteiger partial charge in [-0.25, -0.2) is 8.42 Å². The quantitative estimate of drug-likeness (QED) is 0.593. The van der Waals surface area contributed by atoms with Gasteiger partial charge in [-0.05, 0) is 50.6 Å². The first-order valence-electron chi connectivity index (χ1n) is 5.68. The Kier molecular flexibility index (Phi) is 4.96. The fourth-order valence-corrected chi connectivity index (χ4v) is 2.55. The number of benzene rings is 1. The molecule has 0 saturated carbocycles. The van der Waals surface area contributed by atoms with E-state index in [0.29, 0.717) is 5.69 Å². The summed E-state index contributed by atoms with van der Waals surface area (Å²) in [5.74, 6) is 0. The minimum Gasteiger partial charge on any atom is -0.398 e. The van der Waals surface area contributed by atoms with E-state index in [1.165, 1.54) is 6.26 Å². The number of nitrogens with one attached hydrogen (secondary N) is 1. The Morgan fingerprint density at radius 2 is 2.00 bits per heavy atom. The fourth-order valence-electron chi connectivity index (χ4n) is 1.69. The highest BCUT2D eigenvalue weighted by molar-refractivity contribution is 7.90. The van der Waals surface area contributed by atoms with E-state index in [9.17, 15) is 8.42 Å². The summed E-state index contributed by atoms with van der Waals surface area (Å²) in [6.45, 7) is 0.980. The minimum absolute atomic E-state index is 0.239. The van der Waals surface area contributed by atoms with Gasteiger partial charge < -0.3 is 11.1 Å². The third-order valence-electron chi connectivity index (χ3n) is 2.62. The second kappa shape index (κ2) is 6.02. The molecular formula is C12H20N2O2S. The summed E-state index contributed by atoms with van der Waals surface area (Å²) in [6, 6.07) is 5.25. The SMILES string of the molecule is CNCCCCc1ccc(N)c(S(C)(=O)=O)c1. The Morgan fingerprint density at radius 3 is 2.59 bits per heavy atom. The van der Waals surface area contributed by atoms with E-state index in [4.69, 9.17) is 5.73 Å². The maximum atomic E-state index is 11.5. The summed E-state index contributed by atoms with van der Waals surface area (Å²) in [6.07, 6.45) is 4.18. The highest BCUT2D eigenvalue weighted by Crippen LogP contribution is 2.20. The number of nitrogen functional groups attached to an aromatic ring is 1. The summed E-state index contributed by atoms with van der Waals surface area (Å²) in [5, 5.41) is 3.08. The number of rotatable bonds is 6. The molecule has 0 radical (unpaired) electrons. The Hall–Kier alpha value is -1.07. The average molecular weight is 256 g/mol. The molecular weight excluding hydrogens is 236 g/mol. The summed E-state index contributed by atoms with van der Waals surface area (Å²) in [4.78, 5) is 0.239. The summed E-state index contributed by atoms with van der Waals surface area (Å²) in [5.41, 5.74) is 7.01. The van der Waals surface area contributed by atoms with Crippen LogP contribution >= 0.6 is 0 Å². The van der Waals surface area contributed by atoms with E-state index in [-0.39, 0.29) is 4.90 Å². The van der Waals surface area contributed by atoms with Crippen LogP contribution < -0.4 is 11.1 Å². The number of anilines is 1. The number of unbranched alkanes of at least 4 members (excludes halogenated alkanes) is 1. The Balaban J connectivity index is 2.76. The van der Waals surface area contributed by atoms with Crippen molar-refractivity contribution in [1.29, 1.82) is 0 Å². The molecule has 4 nitrogen and oxygen atoms in total. The van der Waals surface area contributed by atoms with Gasteiger partial charge >= 0.3 is 0 Å². The largest absolute Gasteiger partial charge is 0.398 e. The van der Waals surface area contributed by atoms with Crippen molar-refractivity contribution in [2.24, 2.45) is 0 Å². The second-order valence-corrected chi connectivity index (χ2v) is 6.19. The maximum absolute atomic E-state index is 11.5. The Labute approximate surface area is 103 Å². The molecule has 96 valence electrons. The third-order valence-corrected chi connectivity index (χ3v) is 3.77. The predicted octanol–water partition coefficient (Wildman–Crippen LogP) is 1.21. The van der Waals surface area contributed by atoms with E-state index in [1.54, 1.807) is 12.1 Å². The van der Waals surface area contributed by atoms with Crippen molar-refractivity contribution in [3.63, 3.8) is 0 Å². The van der Waals surface area contributed by atoms with Gasteiger partial charge in [0.15, 0.2) is 9.84 Å². The zero-order valence-corrected chi connectivity index (χ0v) is 11.2. The Morgan fingerprint density at radius 1 is 1.29 bits per heavy atom. The van der Waals surface area contributed by atoms with Crippen LogP contribution in [0.2, 0.25) is 0 Å². The first kappa shape index (κ1) is 14.0. The molecule has 0 saturated heterocycles. The summed E-state index contributed by atoms with van der Waals surface area (Å²) < 4.78 is 23.0. The molecule has 0 atom stereocenters. The molecule has 0 fully saturated rings. The number of hydrogen-bond donors (Lipinski definition) is 2. The van der Waals surface area contributed by atoms with Crippen LogP contribution in [0.1, 0.15) is 18.4 Å². The maximum Gasteiger partial charge on any atom is 0.177 e. The lowest BCUT2D eigenvalue weighted by Gasteiger charge is -2.07. The van der Waals surface area contributed by atoms with Crippen LogP contribution in [0.5, 0.6) is 0 Å². The van der Waals surface area contributed by atoms with Gasteiger partial charge in [-0.1, -0.05) is 6.07 Å². The van der Waals surface area contributed by atoms with Gasteiger partial charge in [-0.2, -0.15) is 0 Å². The monoisotopic (exact) mass is 256 g/mol. The lowest BCUT2D eigenvalue weighted by molar-refractivity contribution is 0.602. The molecule has 5 heteroatoms. The van der Waals surface area contributed by atoms with Crippen LogP contribution in [0.25, 0.3) is 0 Å². The van der Waals surface area contributed by atoms with Gasteiger partial charge in [-0.15, -0.1) is 0 Å². The van der Waals surface area contributed by atoms with Gasteiger partial charge in [-0.3, -0.25) is 0 Å². The highest BCUT2D eigenvalue weighted by atomic mass is 32.2. The summed E-state index contributed by atoms with van der Waals surface area (Å²) in [7, 11) is -1.31. The molecule has 1 rings (SSSR count). The number of aryl methyl sites for hydroxylation is 1. The van der Waals surface area contributed by atoms with Gasteiger partial charge in [0, 0.05) is 6.26 Å². The van der Waals surface area contributed by atoms with E-state index in [0.717, 1.165) is 31.4 Å². The topological polar surface area (TPSA) is 72.2 Å². The zero-order chi connectivity index (χ0) is 12.9. The summed E-state index contributed by atoms with van der Waals surface area (Å²) >= 11 is 0. The van der Waals surface area contributed by atoms with Crippen molar-refractivity contribution in [3.05, 3.63) is 23.8 Å². The van der Waals surface area contributed by atoms with Crippen LogP contribution in [-0.2, 0) is 16.3 Å². The molecule has 0 spiro atoms. The van der Waals surface area contributed by atoms with Crippen LogP contribution in [0.15, 0.2) is 23.1 Å². The molecule has 0 aliphatic heterocycles. The van der Waals surface area contributed by atoms with E-state index < -0.39 is 9.84 Å². The van der Waals surface area contributed by atoms with E-state index in [1.807, 2.05) is 13.1 Å². The second-order valence-electron chi connectivity index (χ2n) is 4.21. The van der Waals surface area contributed by atoms with Gasteiger partial charge in [0.1, 0.15) is 0 Å². The first-order valence-corrected chi connectivity index (χ1v) is 7.57. The number of hydrogen-bond acceptors (Lipinski definition) is 4. The first-order chi connectivity index (χ1) is 7.95. The zero-order valence-electron chi connectivity index (χ0n) is 10.4. The van der Waals surface area contributed by atoms with E-state index >= 15 is 0 Å². The highest BCUT2D eigenvalue weighted by Gasteiger charge is 2.11. The van der Waals surface area contributed by atoms with Crippen LogP contribution in [0.4, 0.5) is 5.69 Å². The van der Waals surface area contributed by atoms with Crippen LogP contribution in [-0.4, -0.2) is 28.3 Å². The van der Waals surface area contributed by atoms with Crippen LogP contribution in [0, 0.1) is 0 Å². The van der Waals surface area contributed by atoms with Crippen molar-refractivity contribution in [2.45, 2.75) is 24.2 Å². The average Bonchev–Trinajstić information content (AvgIpc) is 2.25. The molecule has 0 bridgehead atoms. The molecule has 17 heavy (non-hydrogen) atoms. The van der Waals surface area contributed by atoms with Crippen LogP contribution in [0.3, 0.4) is 0 Å². The van der Waals surface area contributed by atoms with Gasteiger partial charge in [0.05, 0.1) is 10.6 Å². The third kappa shape index (κ3) is 4.36. The molecule has 0 amide bonds. The molecule has 0 aromatic heterocycles. The standard InChI is InChI=1S/C12H20N2O2S/c1-14-8-4-3-5-10-6-7-11(13)12(9-10)17(2,15)16/h6-7,9,14H,3-5,8,13H2,1-2H3. The molecule has 1 aromatic carbocycles. The van der Waals surface area contributed by atoms with Crippen molar-refractivity contribution in [2.75, 3.05) is 25.6 Å². The molecule has 0 aliphatic carbocycles. The van der Waals surface area contributed by atoms with Crippen molar-refractivity contribution in [1.82, 2.24) is 5.32 Å². The molecule has 0 aliphatic rings. The number of nitrogens with two attached hydrogens (primary N) is 1. The molecule has 0 heterocycles. The Bertz CT molecular complexity index is 469. The van der Waals surface area contributed by atoms with Gasteiger partial charge in [0.25, 0.3) is 0 Å².